The van der Waals surface area contributed by atoms with E-state index in [9.17, 15) is 18.4 Å². The van der Waals surface area contributed by atoms with Crippen LogP contribution in [0.2, 0.25) is 5.02 Å². The number of halogens is 3. The highest BCUT2D eigenvalue weighted by Crippen LogP contribution is 2.31. The highest BCUT2D eigenvalue weighted by Gasteiger charge is 2.21. The minimum atomic E-state index is -3.02. The first kappa shape index (κ1) is 20.7. The normalized spacial score (nSPS) is 13.6. The smallest absolute Gasteiger partial charge is 0.387 e. The van der Waals surface area contributed by atoms with Crippen molar-refractivity contribution in [3.63, 3.8) is 0 Å². The first-order valence-corrected chi connectivity index (χ1v) is 8.87. The number of anilines is 1. The number of hydrogen-bond acceptors (Lipinski definition) is 6. The quantitative estimate of drug-likeness (QED) is 0.704. The van der Waals surface area contributed by atoms with Gasteiger partial charge in [-0.2, -0.15) is 8.78 Å². The molecule has 0 bridgehead atoms. The average Bonchev–Trinajstić information content (AvgIpc) is 2.69. The third-order valence-corrected chi connectivity index (χ3v) is 4.14. The molecule has 0 spiro atoms. The van der Waals surface area contributed by atoms with Crippen LogP contribution in [0.15, 0.2) is 36.4 Å². The Labute approximate surface area is 169 Å². The molecule has 1 aliphatic heterocycles. The van der Waals surface area contributed by atoms with E-state index in [1.165, 1.54) is 37.3 Å². The molecule has 7 nitrogen and oxygen atoms in total. The van der Waals surface area contributed by atoms with E-state index in [1.54, 1.807) is 6.07 Å². The minimum Gasteiger partial charge on any atom is -0.486 e. The van der Waals surface area contributed by atoms with E-state index in [4.69, 9.17) is 25.8 Å². The molecule has 0 saturated carbocycles. The molecule has 10 heteroatoms. The van der Waals surface area contributed by atoms with Crippen molar-refractivity contribution in [2.24, 2.45) is 0 Å². The molecule has 2 aromatic rings. The largest absolute Gasteiger partial charge is 0.486 e. The maximum absolute atomic E-state index is 12.3. The van der Waals surface area contributed by atoms with Gasteiger partial charge in [0, 0.05) is 5.69 Å². The third-order valence-electron chi connectivity index (χ3n) is 3.85. The number of esters is 1. The number of hydrogen-bond donors (Lipinski definition) is 1. The maximum Gasteiger partial charge on any atom is 0.387 e. The van der Waals surface area contributed by atoms with Crippen LogP contribution in [0.5, 0.6) is 17.2 Å². The summed E-state index contributed by atoms with van der Waals surface area (Å²) in [6.07, 6.45) is -1.13. The van der Waals surface area contributed by atoms with Gasteiger partial charge >= 0.3 is 12.6 Å². The fourth-order valence-electron chi connectivity index (χ4n) is 2.47. The Morgan fingerprint density at radius 1 is 1.10 bits per heavy atom. The number of nitrogens with one attached hydrogen (secondary N) is 1. The Morgan fingerprint density at radius 2 is 1.83 bits per heavy atom. The van der Waals surface area contributed by atoms with Crippen LogP contribution in [0.4, 0.5) is 14.5 Å². The van der Waals surface area contributed by atoms with E-state index < -0.39 is 24.6 Å². The molecule has 29 heavy (non-hydrogen) atoms. The summed E-state index contributed by atoms with van der Waals surface area (Å²) >= 11 is 5.84. The zero-order chi connectivity index (χ0) is 21.0. The predicted molar refractivity (Wildman–Crippen MR) is 99.0 cm³/mol. The lowest BCUT2D eigenvalue weighted by Gasteiger charge is -2.19. The van der Waals surface area contributed by atoms with Crippen LogP contribution in [0.1, 0.15) is 17.3 Å². The van der Waals surface area contributed by atoms with Crippen molar-refractivity contribution >= 4 is 29.2 Å². The van der Waals surface area contributed by atoms with E-state index in [2.05, 4.69) is 10.1 Å². The molecule has 2 aromatic carbocycles. The maximum atomic E-state index is 12.3. The number of rotatable bonds is 6. The second kappa shape index (κ2) is 8.95. The van der Waals surface area contributed by atoms with Gasteiger partial charge in [0.2, 0.25) is 0 Å². The Bertz CT molecular complexity index is 924. The summed E-state index contributed by atoms with van der Waals surface area (Å²) in [7, 11) is 0. The second-order valence-corrected chi connectivity index (χ2v) is 6.33. The molecule has 0 radical (unpaired) electrons. The van der Waals surface area contributed by atoms with E-state index >= 15 is 0 Å². The van der Waals surface area contributed by atoms with Gasteiger partial charge in [-0.05, 0) is 43.3 Å². The number of amides is 1. The van der Waals surface area contributed by atoms with Gasteiger partial charge in [0.25, 0.3) is 5.91 Å². The topological polar surface area (TPSA) is 83.1 Å². The molecule has 0 fully saturated rings. The molecule has 1 aliphatic rings. The van der Waals surface area contributed by atoms with Crippen molar-refractivity contribution in [2.45, 2.75) is 19.6 Å². The fraction of sp³-hybridized carbons (Fsp3) is 0.263. The zero-order valence-corrected chi connectivity index (χ0v) is 15.9. The summed E-state index contributed by atoms with van der Waals surface area (Å²) in [5.74, 6) is -0.631. The first-order chi connectivity index (χ1) is 13.8. The van der Waals surface area contributed by atoms with Gasteiger partial charge < -0.3 is 24.3 Å². The van der Waals surface area contributed by atoms with Gasteiger partial charge in [-0.3, -0.25) is 4.79 Å². The Hall–Kier alpha value is -3.07. The van der Waals surface area contributed by atoms with Crippen molar-refractivity contribution < 1.29 is 37.3 Å². The van der Waals surface area contributed by atoms with Crippen LogP contribution in [0, 0.1) is 0 Å². The van der Waals surface area contributed by atoms with Crippen molar-refractivity contribution in [2.75, 3.05) is 18.5 Å². The lowest BCUT2D eigenvalue weighted by molar-refractivity contribution is -0.123. The van der Waals surface area contributed by atoms with E-state index in [0.717, 1.165) is 0 Å². The summed E-state index contributed by atoms with van der Waals surface area (Å²) in [4.78, 5) is 24.6. The highest BCUT2D eigenvalue weighted by molar-refractivity contribution is 6.32. The second-order valence-electron chi connectivity index (χ2n) is 5.92. The van der Waals surface area contributed by atoms with Gasteiger partial charge in [0.15, 0.2) is 17.6 Å². The minimum absolute atomic E-state index is 0.107. The SMILES string of the molecule is C[C@H](OC(=O)c1ccc2c(c1)OCCO2)C(=O)Nc1ccc(OC(F)F)c(Cl)c1. The summed E-state index contributed by atoms with van der Waals surface area (Å²) in [5, 5.41) is 2.37. The fourth-order valence-corrected chi connectivity index (χ4v) is 2.69. The van der Waals surface area contributed by atoms with Crippen LogP contribution < -0.4 is 19.5 Å². The molecule has 0 saturated heterocycles. The number of carbonyl (C=O) groups is 2. The van der Waals surface area contributed by atoms with Crippen molar-refractivity contribution in [3.05, 3.63) is 47.0 Å². The van der Waals surface area contributed by atoms with Crippen LogP contribution >= 0.6 is 11.6 Å². The average molecular weight is 428 g/mol. The molecule has 1 amide bonds. The molecule has 0 aromatic heterocycles. The number of benzene rings is 2. The molecule has 154 valence electrons. The Balaban J connectivity index is 1.60. The van der Waals surface area contributed by atoms with Gasteiger partial charge in [-0.1, -0.05) is 11.6 Å². The van der Waals surface area contributed by atoms with Gasteiger partial charge in [0.05, 0.1) is 10.6 Å². The summed E-state index contributed by atoms with van der Waals surface area (Å²) in [6.45, 7) is -0.837. The summed E-state index contributed by atoms with van der Waals surface area (Å²) < 4.78 is 44.7. The van der Waals surface area contributed by atoms with Crippen molar-refractivity contribution in [3.8, 4) is 17.2 Å². The molecular weight excluding hydrogens is 412 g/mol. The molecule has 0 unspecified atom stereocenters. The van der Waals surface area contributed by atoms with Crippen molar-refractivity contribution in [1.29, 1.82) is 0 Å². The monoisotopic (exact) mass is 427 g/mol. The predicted octanol–water partition coefficient (Wildman–Crippen LogP) is 3.90. The molecule has 1 atom stereocenters. The van der Waals surface area contributed by atoms with Gasteiger partial charge in [0.1, 0.15) is 19.0 Å². The van der Waals surface area contributed by atoms with Crippen LogP contribution in [0.3, 0.4) is 0 Å². The number of ether oxygens (including phenoxy) is 4. The van der Waals surface area contributed by atoms with Crippen LogP contribution in [-0.4, -0.2) is 37.8 Å². The lowest BCUT2D eigenvalue weighted by atomic mass is 10.2. The molecule has 3 rings (SSSR count). The molecule has 1 N–H and O–H groups in total. The molecule has 1 heterocycles. The standard InChI is InChI=1S/C19H16ClF2NO6/c1-10(17(24)23-12-3-5-14(13(20)9-12)29-19(21)22)28-18(25)11-2-4-15-16(8-11)27-7-6-26-15/h2-5,8-10,19H,6-7H2,1H3,(H,23,24)/t10-/m0/s1. The van der Waals surface area contributed by atoms with Gasteiger partial charge in [-0.25, -0.2) is 4.79 Å². The molecular formula is C19H16ClF2NO6. The van der Waals surface area contributed by atoms with Crippen LogP contribution in [-0.2, 0) is 9.53 Å². The number of fused-ring (bicyclic) bond motifs is 1. The summed E-state index contributed by atoms with van der Waals surface area (Å²) in [6, 6.07) is 8.32. The van der Waals surface area contributed by atoms with E-state index in [1.807, 2.05) is 0 Å². The number of carbonyl (C=O) groups excluding carboxylic acids is 2. The Morgan fingerprint density at radius 3 is 2.52 bits per heavy atom. The third kappa shape index (κ3) is 5.26. The zero-order valence-electron chi connectivity index (χ0n) is 15.1. The first-order valence-electron chi connectivity index (χ1n) is 8.49. The van der Waals surface area contributed by atoms with E-state index in [0.29, 0.717) is 24.7 Å². The van der Waals surface area contributed by atoms with E-state index in [-0.39, 0.29) is 22.0 Å². The highest BCUT2D eigenvalue weighted by atomic mass is 35.5. The Kier molecular flexibility index (Phi) is 6.38. The summed E-state index contributed by atoms with van der Waals surface area (Å²) in [5.41, 5.74) is 0.425. The van der Waals surface area contributed by atoms with Gasteiger partial charge in [-0.15, -0.1) is 0 Å². The molecule has 0 aliphatic carbocycles. The number of alkyl halides is 2. The van der Waals surface area contributed by atoms with Crippen molar-refractivity contribution in [1.82, 2.24) is 0 Å². The van der Waals surface area contributed by atoms with Crippen LogP contribution in [0.25, 0.3) is 0 Å². The lowest BCUT2D eigenvalue weighted by Crippen LogP contribution is -2.30.